The van der Waals surface area contributed by atoms with Gasteiger partial charge in [0.1, 0.15) is 4.90 Å². The van der Waals surface area contributed by atoms with Gasteiger partial charge in [-0.2, -0.15) is 8.42 Å². The zero-order chi connectivity index (χ0) is 10.8. The molecule has 15 heavy (non-hydrogen) atoms. The number of ether oxygens (including phenoxy) is 1. The fourth-order valence-corrected chi connectivity index (χ4v) is 1.45. The molecule has 0 radical (unpaired) electrons. The molecule has 76 valence electrons. The second kappa shape index (κ2) is 5.47. The largest absolute Gasteiger partial charge is 1.00 e. The van der Waals surface area contributed by atoms with Crippen molar-refractivity contribution in [3.05, 3.63) is 24.3 Å². The molecule has 0 heterocycles. The number of rotatable bonds is 2. The van der Waals surface area contributed by atoms with Crippen LogP contribution in [0.5, 0.6) is 5.75 Å². The van der Waals surface area contributed by atoms with Crippen LogP contribution in [0.2, 0.25) is 0 Å². The molecule has 0 spiro atoms. The average molecular weight is 240 g/mol. The van der Waals surface area contributed by atoms with Crippen LogP contribution in [0.3, 0.4) is 0 Å². The topological polar surface area (TPSA) is 104 Å². The Labute approximate surface area is 108 Å². The third-order valence-corrected chi connectivity index (χ3v) is 2.21. The summed E-state index contributed by atoms with van der Waals surface area (Å²) in [6.07, 6.45) is -1.90. The van der Waals surface area contributed by atoms with Crippen LogP contribution >= 0.6 is 0 Å². The Morgan fingerprint density at radius 3 is 2.33 bits per heavy atom. The minimum Gasteiger partial charge on any atom is -0.513 e. The van der Waals surface area contributed by atoms with E-state index in [0.717, 1.165) is 12.1 Å². The molecule has 8 heteroatoms. The smallest absolute Gasteiger partial charge is 0.513 e. The van der Waals surface area contributed by atoms with Gasteiger partial charge in [0.15, 0.2) is 0 Å². The normalized spacial score (nSPS) is 10.2. The van der Waals surface area contributed by atoms with E-state index in [-0.39, 0.29) is 29.6 Å². The van der Waals surface area contributed by atoms with E-state index in [2.05, 4.69) is 4.74 Å². The van der Waals surface area contributed by atoms with Crippen molar-refractivity contribution in [1.29, 1.82) is 0 Å². The fraction of sp³-hybridized carbons (Fsp3) is 0. The van der Waals surface area contributed by atoms with Crippen molar-refractivity contribution in [2.45, 2.75) is 4.90 Å². The molecule has 1 rings (SSSR count). The van der Waals surface area contributed by atoms with Crippen LogP contribution in [0.4, 0.5) is 4.79 Å². The number of carbonyl (C=O) groups is 1. The zero-order valence-corrected chi connectivity index (χ0v) is 10.5. The van der Waals surface area contributed by atoms with Gasteiger partial charge in [0.2, 0.25) is 0 Å². The Morgan fingerprint density at radius 1 is 1.33 bits per heavy atom. The van der Waals surface area contributed by atoms with E-state index in [1.807, 2.05) is 0 Å². The summed E-state index contributed by atoms with van der Waals surface area (Å²) >= 11 is 0. The molecule has 0 aliphatic rings. The summed E-state index contributed by atoms with van der Waals surface area (Å²) in [7, 11) is -4.50. The molecule has 0 fully saturated rings. The van der Waals surface area contributed by atoms with Crippen LogP contribution in [0, 0.1) is 0 Å². The maximum absolute atomic E-state index is 10.7. The maximum Gasteiger partial charge on any atom is 1.00 e. The minimum atomic E-state index is -4.50. The van der Waals surface area contributed by atoms with E-state index < -0.39 is 26.9 Å². The van der Waals surface area contributed by atoms with Crippen LogP contribution in [0.15, 0.2) is 29.2 Å². The summed E-state index contributed by atoms with van der Waals surface area (Å²) < 4.78 is 34.1. The zero-order valence-electron chi connectivity index (χ0n) is 7.71. The predicted molar refractivity (Wildman–Crippen MR) is 42.3 cm³/mol. The molecule has 0 aliphatic carbocycles. The Morgan fingerprint density at radius 2 is 1.87 bits per heavy atom. The summed E-state index contributed by atoms with van der Waals surface area (Å²) in [6.45, 7) is 0. The Bertz CT molecular complexity index is 454. The average Bonchev–Trinajstić information content (AvgIpc) is 2.01. The van der Waals surface area contributed by atoms with Gasteiger partial charge in [-0.1, -0.05) is 12.1 Å². The molecule has 1 N–H and O–H groups in total. The molecule has 1 aromatic rings. The number of carbonyl (C=O) groups excluding carboxylic acids is 1. The van der Waals surface area contributed by atoms with E-state index in [4.69, 9.17) is 4.55 Å². The molecule has 0 amide bonds. The van der Waals surface area contributed by atoms with Crippen LogP contribution in [0.25, 0.3) is 0 Å². The van der Waals surface area contributed by atoms with Crippen LogP contribution in [0.1, 0.15) is 0 Å². The van der Waals surface area contributed by atoms with Crippen molar-refractivity contribution in [3.63, 3.8) is 0 Å². The Kier molecular flexibility index (Phi) is 5.26. The standard InChI is InChI=1S/C7H6O6S.Na/c8-7(9)13-5-3-1-2-4-6(5)14(10,11)12;/h1-4H,(H,8,9)(H,10,11,12);/q;+1/p-1. The molecule has 0 unspecified atom stereocenters. The first-order chi connectivity index (χ1) is 6.41. The molecule has 0 saturated carbocycles. The molecule has 0 aliphatic heterocycles. The van der Waals surface area contributed by atoms with Crippen molar-refractivity contribution < 1.29 is 57.2 Å². The second-order valence-electron chi connectivity index (χ2n) is 2.27. The summed E-state index contributed by atoms with van der Waals surface area (Å²) in [5, 5.41) is 10.0. The minimum absolute atomic E-state index is 0. The Balaban J connectivity index is 0.00000196. The predicted octanol–water partition coefficient (Wildman–Crippen LogP) is -3.34. The van der Waals surface area contributed by atoms with Gasteiger partial charge in [0, 0.05) is 0 Å². The molecule has 0 aromatic heterocycles. The fourth-order valence-electron chi connectivity index (χ4n) is 0.837. The van der Waals surface area contributed by atoms with Crippen molar-refractivity contribution in [1.82, 2.24) is 0 Å². The monoisotopic (exact) mass is 240 g/mol. The van der Waals surface area contributed by atoms with Crippen LogP contribution in [-0.4, -0.2) is 19.1 Å². The van der Waals surface area contributed by atoms with Gasteiger partial charge in [-0.3, -0.25) is 4.55 Å². The summed E-state index contributed by atoms with van der Waals surface area (Å²) in [6, 6.07) is 4.75. The van der Waals surface area contributed by atoms with Crippen LogP contribution < -0.4 is 39.4 Å². The number of para-hydroxylation sites is 1. The van der Waals surface area contributed by atoms with Crippen molar-refractivity contribution in [3.8, 4) is 5.75 Å². The Hall–Kier alpha value is -0.600. The molecule has 1 aromatic carbocycles. The quantitative estimate of drug-likeness (QED) is 0.251. The molecule has 0 bridgehead atoms. The number of hydrogen-bond donors (Lipinski definition) is 1. The first-order valence-electron chi connectivity index (χ1n) is 3.36. The third-order valence-electron chi connectivity index (χ3n) is 1.32. The van der Waals surface area contributed by atoms with Gasteiger partial charge in [0.25, 0.3) is 16.3 Å². The van der Waals surface area contributed by atoms with Gasteiger partial charge >= 0.3 is 29.6 Å². The first kappa shape index (κ1) is 14.4. The van der Waals surface area contributed by atoms with Gasteiger partial charge in [0.05, 0.1) is 5.75 Å². The molecule has 0 atom stereocenters. The molecular weight excluding hydrogens is 235 g/mol. The maximum atomic E-state index is 10.7. The van der Waals surface area contributed by atoms with E-state index >= 15 is 0 Å². The molecule has 0 saturated heterocycles. The van der Waals surface area contributed by atoms with Crippen molar-refractivity contribution >= 4 is 16.3 Å². The van der Waals surface area contributed by atoms with E-state index in [1.165, 1.54) is 12.1 Å². The van der Waals surface area contributed by atoms with Gasteiger partial charge < -0.3 is 14.6 Å². The summed E-state index contributed by atoms with van der Waals surface area (Å²) in [5.41, 5.74) is 0. The van der Waals surface area contributed by atoms with Gasteiger partial charge in [-0.05, 0) is 12.1 Å². The van der Waals surface area contributed by atoms with Crippen molar-refractivity contribution in [2.75, 3.05) is 0 Å². The SMILES string of the molecule is O=C([O-])Oc1ccccc1S(=O)(=O)O.[Na+]. The number of benzene rings is 1. The van der Waals surface area contributed by atoms with Gasteiger partial charge in [-0.15, -0.1) is 0 Å². The third kappa shape index (κ3) is 4.18. The molecule has 6 nitrogen and oxygen atoms in total. The van der Waals surface area contributed by atoms with E-state index in [0.29, 0.717) is 0 Å². The number of carboxylic acid groups (broad SMARTS) is 1. The van der Waals surface area contributed by atoms with Gasteiger partial charge in [-0.25, -0.2) is 0 Å². The first-order valence-corrected chi connectivity index (χ1v) is 4.80. The molecular formula is C7H5NaO6S. The summed E-state index contributed by atoms with van der Waals surface area (Å²) in [5.74, 6) is -0.491. The summed E-state index contributed by atoms with van der Waals surface area (Å²) in [4.78, 5) is 9.42. The van der Waals surface area contributed by atoms with Crippen molar-refractivity contribution in [2.24, 2.45) is 0 Å². The van der Waals surface area contributed by atoms with E-state index in [1.54, 1.807) is 0 Å². The second-order valence-corrected chi connectivity index (χ2v) is 3.66. The van der Waals surface area contributed by atoms with Crippen LogP contribution in [-0.2, 0) is 10.1 Å². The number of hydrogen-bond acceptors (Lipinski definition) is 5. The van der Waals surface area contributed by atoms with E-state index in [9.17, 15) is 18.3 Å².